The van der Waals surface area contributed by atoms with E-state index in [-0.39, 0.29) is 12.4 Å². The average molecular weight is 272 g/mol. The Labute approximate surface area is 111 Å². The molecule has 0 fully saturated rings. The molecule has 5 heteroatoms. The van der Waals surface area contributed by atoms with Crippen molar-refractivity contribution < 1.29 is 23.0 Å². The van der Waals surface area contributed by atoms with Crippen LogP contribution in [-0.4, -0.2) is 18.7 Å². The first-order valence-corrected chi connectivity index (χ1v) is 6.36. The van der Waals surface area contributed by atoms with Crippen LogP contribution in [0.25, 0.3) is 0 Å². The highest BCUT2D eigenvalue weighted by Crippen LogP contribution is 2.19. The topological polar surface area (TPSA) is 35.5 Å². The second-order valence-corrected chi connectivity index (χ2v) is 4.11. The van der Waals surface area contributed by atoms with E-state index in [2.05, 4.69) is 0 Å². The van der Waals surface area contributed by atoms with Crippen molar-refractivity contribution in [2.75, 3.05) is 6.61 Å². The molecule has 0 aliphatic rings. The van der Waals surface area contributed by atoms with Crippen LogP contribution in [0, 0.1) is 11.6 Å². The molecule has 0 spiro atoms. The summed E-state index contributed by atoms with van der Waals surface area (Å²) >= 11 is 0. The minimum Gasteiger partial charge on any atom is -0.479 e. The quantitative estimate of drug-likeness (QED) is 0.713. The van der Waals surface area contributed by atoms with Crippen molar-refractivity contribution in [2.24, 2.45) is 0 Å². The summed E-state index contributed by atoms with van der Waals surface area (Å²) in [6.07, 6.45) is 1.27. The maximum Gasteiger partial charge on any atom is 0.347 e. The lowest BCUT2D eigenvalue weighted by Crippen LogP contribution is -2.29. The van der Waals surface area contributed by atoms with E-state index in [1.54, 1.807) is 6.92 Å². The number of ether oxygens (including phenoxy) is 2. The number of esters is 1. The SMILES string of the molecule is CCCCC(Oc1cc(F)cc(F)c1)C(=O)OCC. The molecule has 0 aromatic heterocycles. The van der Waals surface area contributed by atoms with Gasteiger partial charge in [-0.1, -0.05) is 13.3 Å². The van der Waals surface area contributed by atoms with Crippen molar-refractivity contribution in [1.29, 1.82) is 0 Å². The van der Waals surface area contributed by atoms with Crippen molar-refractivity contribution in [2.45, 2.75) is 39.2 Å². The third-order valence-corrected chi connectivity index (χ3v) is 2.48. The molecule has 0 N–H and O–H groups in total. The van der Waals surface area contributed by atoms with Crippen LogP contribution in [0.1, 0.15) is 33.1 Å². The van der Waals surface area contributed by atoms with E-state index in [1.807, 2.05) is 6.92 Å². The Hall–Kier alpha value is -1.65. The summed E-state index contributed by atoms with van der Waals surface area (Å²) in [5, 5.41) is 0. The molecule has 0 amide bonds. The van der Waals surface area contributed by atoms with Crippen LogP contribution in [0.4, 0.5) is 8.78 Å². The molecular weight excluding hydrogens is 254 g/mol. The maximum absolute atomic E-state index is 13.0. The van der Waals surface area contributed by atoms with Gasteiger partial charge < -0.3 is 9.47 Å². The number of rotatable bonds is 7. The molecule has 0 aliphatic carbocycles. The van der Waals surface area contributed by atoms with Gasteiger partial charge >= 0.3 is 5.97 Å². The second kappa shape index (κ2) is 7.71. The number of benzene rings is 1. The van der Waals surface area contributed by atoms with Gasteiger partial charge in [-0.05, 0) is 19.8 Å². The van der Waals surface area contributed by atoms with Crippen LogP contribution < -0.4 is 4.74 Å². The van der Waals surface area contributed by atoms with E-state index < -0.39 is 23.7 Å². The fourth-order valence-corrected chi connectivity index (χ4v) is 1.61. The van der Waals surface area contributed by atoms with Crippen LogP contribution in [0.5, 0.6) is 5.75 Å². The summed E-state index contributed by atoms with van der Waals surface area (Å²) in [6, 6.07) is 2.83. The van der Waals surface area contributed by atoms with Gasteiger partial charge in [0.2, 0.25) is 0 Å². The van der Waals surface area contributed by atoms with E-state index in [4.69, 9.17) is 9.47 Å². The average Bonchev–Trinajstić information content (AvgIpc) is 2.33. The molecule has 1 aromatic rings. The van der Waals surface area contributed by atoms with Crippen LogP contribution in [0.15, 0.2) is 18.2 Å². The summed E-state index contributed by atoms with van der Waals surface area (Å²) < 4.78 is 36.3. The molecule has 0 bridgehead atoms. The zero-order valence-electron chi connectivity index (χ0n) is 11.1. The van der Waals surface area contributed by atoms with Gasteiger partial charge in [-0.3, -0.25) is 0 Å². The highest BCUT2D eigenvalue weighted by molar-refractivity contribution is 5.75. The van der Waals surface area contributed by atoms with Crippen LogP contribution in [0.2, 0.25) is 0 Å². The smallest absolute Gasteiger partial charge is 0.347 e. The Morgan fingerprint density at radius 1 is 1.21 bits per heavy atom. The molecule has 19 heavy (non-hydrogen) atoms. The van der Waals surface area contributed by atoms with Gasteiger partial charge in [-0.15, -0.1) is 0 Å². The zero-order chi connectivity index (χ0) is 14.3. The lowest BCUT2D eigenvalue weighted by atomic mass is 10.1. The van der Waals surface area contributed by atoms with Gasteiger partial charge in [0.15, 0.2) is 6.10 Å². The first-order chi connectivity index (χ1) is 9.06. The predicted molar refractivity (Wildman–Crippen MR) is 66.9 cm³/mol. The van der Waals surface area contributed by atoms with Gasteiger partial charge in [0, 0.05) is 18.2 Å². The number of carbonyl (C=O) groups excluding carboxylic acids is 1. The summed E-state index contributed by atoms with van der Waals surface area (Å²) in [7, 11) is 0. The molecule has 0 heterocycles. The van der Waals surface area contributed by atoms with Gasteiger partial charge in [0.05, 0.1) is 6.61 Å². The minimum atomic E-state index is -0.832. The number of halogens is 2. The Morgan fingerprint density at radius 2 is 1.84 bits per heavy atom. The monoisotopic (exact) mass is 272 g/mol. The van der Waals surface area contributed by atoms with Gasteiger partial charge in [0.25, 0.3) is 0 Å². The molecule has 0 saturated heterocycles. The molecule has 0 aliphatic heterocycles. The van der Waals surface area contributed by atoms with Crippen LogP contribution in [0.3, 0.4) is 0 Å². The molecule has 1 unspecified atom stereocenters. The summed E-state index contributed by atoms with van der Waals surface area (Å²) in [5.41, 5.74) is 0. The lowest BCUT2D eigenvalue weighted by molar-refractivity contribution is -0.151. The molecule has 0 radical (unpaired) electrons. The molecule has 1 atom stereocenters. The Balaban J connectivity index is 2.77. The molecular formula is C14H18F2O3. The Kier molecular flexibility index (Phi) is 6.25. The first kappa shape index (κ1) is 15.4. The number of hydrogen-bond acceptors (Lipinski definition) is 3. The van der Waals surface area contributed by atoms with Crippen molar-refractivity contribution in [3.05, 3.63) is 29.8 Å². The maximum atomic E-state index is 13.0. The van der Waals surface area contributed by atoms with E-state index in [0.717, 1.165) is 31.0 Å². The third-order valence-electron chi connectivity index (χ3n) is 2.48. The van der Waals surface area contributed by atoms with E-state index in [0.29, 0.717) is 6.42 Å². The number of unbranched alkanes of at least 4 members (excludes halogenated alkanes) is 1. The highest BCUT2D eigenvalue weighted by Gasteiger charge is 2.21. The first-order valence-electron chi connectivity index (χ1n) is 6.36. The third kappa shape index (κ3) is 5.24. The van der Waals surface area contributed by atoms with E-state index >= 15 is 0 Å². The minimum absolute atomic E-state index is 0.00773. The largest absolute Gasteiger partial charge is 0.479 e. The van der Waals surface area contributed by atoms with Crippen molar-refractivity contribution in [3.8, 4) is 5.75 Å². The van der Waals surface area contributed by atoms with Gasteiger partial charge in [0.1, 0.15) is 17.4 Å². The molecule has 106 valence electrons. The Bertz CT molecular complexity index is 401. The number of carbonyl (C=O) groups is 1. The zero-order valence-corrected chi connectivity index (χ0v) is 11.1. The van der Waals surface area contributed by atoms with E-state index in [1.165, 1.54) is 0 Å². The Morgan fingerprint density at radius 3 is 2.37 bits per heavy atom. The van der Waals surface area contributed by atoms with E-state index in [9.17, 15) is 13.6 Å². The summed E-state index contributed by atoms with van der Waals surface area (Å²) in [6.45, 7) is 3.91. The fourth-order valence-electron chi connectivity index (χ4n) is 1.61. The second-order valence-electron chi connectivity index (χ2n) is 4.11. The van der Waals surface area contributed by atoms with Crippen molar-refractivity contribution in [1.82, 2.24) is 0 Å². The van der Waals surface area contributed by atoms with Crippen LogP contribution >= 0.6 is 0 Å². The molecule has 1 rings (SSSR count). The summed E-state index contributed by atoms with van der Waals surface area (Å²) in [5.74, 6) is -2.01. The van der Waals surface area contributed by atoms with Gasteiger partial charge in [-0.25, -0.2) is 13.6 Å². The molecule has 3 nitrogen and oxygen atoms in total. The molecule has 0 saturated carbocycles. The highest BCUT2D eigenvalue weighted by atomic mass is 19.1. The normalized spacial score (nSPS) is 12.0. The number of hydrogen-bond donors (Lipinski definition) is 0. The summed E-state index contributed by atoms with van der Waals surface area (Å²) in [4.78, 5) is 11.7. The standard InChI is InChI=1S/C14H18F2O3/c1-3-5-6-13(14(17)18-4-2)19-12-8-10(15)7-11(16)9-12/h7-9,13H,3-6H2,1-2H3. The molecule has 1 aromatic carbocycles. The fraction of sp³-hybridized carbons (Fsp3) is 0.500. The lowest BCUT2D eigenvalue weighted by Gasteiger charge is -2.17. The van der Waals surface area contributed by atoms with Crippen molar-refractivity contribution in [3.63, 3.8) is 0 Å². The predicted octanol–water partition coefficient (Wildman–Crippen LogP) is 3.47. The van der Waals surface area contributed by atoms with Gasteiger partial charge in [-0.2, -0.15) is 0 Å². The van der Waals surface area contributed by atoms with Crippen molar-refractivity contribution >= 4 is 5.97 Å². The van der Waals surface area contributed by atoms with Crippen LogP contribution in [-0.2, 0) is 9.53 Å².